The molecule has 0 saturated carbocycles. The van der Waals surface area contributed by atoms with Crippen molar-refractivity contribution < 1.29 is 14.3 Å². The molecule has 11 heavy (non-hydrogen) atoms. The summed E-state index contributed by atoms with van der Waals surface area (Å²) in [5, 5.41) is -0.640. The maximum atomic E-state index is 10.8. The van der Waals surface area contributed by atoms with Crippen LogP contribution in [-0.4, -0.2) is 18.3 Å². The van der Waals surface area contributed by atoms with Gasteiger partial charge in [0.15, 0.2) is 0 Å². The first-order valence-electron chi connectivity index (χ1n) is 3.40. The van der Waals surface area contributed by atoms with Gasteiger partial charge in [-0.15, -0.1) is 0 Å². The second-order valence-corrected chi connectivity index (χ2v) is 2.54. The zero-order chi connectivity index (χ0) is 8.85. The Morgan fingerprint density at radius 2 is 2.09 bits per heavy atom. The Kier molecular flexibility index (Phi) is 4.86. The lowest BCUT2D eigenvalue weighted by Gasteiger charge is -2.07. The van der Waals surface area contributed by atoms with Crippen LogP contribution in [0.4, 0.5) is 0 Å². The first-order valence-corrected chi connectivity index (χ1v) is 3.78. The van der Waals surface area contributed by atoms with Gasteiger partial charge in [0, 0.05) is 0 Å². The summed E-state index contributed by atoms with van der Waals surface area (Å²) in [5.41, 5.74) is 0. The molecule has 0 aliphatic heterocycles. The van der Waals surface area contributed by atoms with E-state index in [1.54, 1.807) is 0 Å². The van der Waals surface area contributed by atoms with Crippen LogP contribution in [0.3, 0.4) is 0 Å². The minimum absolute atomic E-state index is 0.453. The molecule has 0 N–H and O–H groups in total. The minimum Gasteiger partial charge on any atom is -0.468 e. The summed E-state index contributed by atoms with van der Waals surface area (Å²) in [6.45, 7) is 1.87. The van der Waals surface area contributed by atoms with Gasteiger partial charge in [0.05, 0.1) is 7.11 Å². The molecule has 0 amide bonds. The van der Waals surface area contributed by atoms with Gasteiger partial charge in [-0.05, 0) is 18.0 Å². The average Bonchev–Trinajstić information content (AvgIpc) is 1.98. The smallest absolute Gasteiger partial charge is 0.317 e. The number of ether oxygens (including phenoxy) is 1. The topological polar surface area (TPSA) is 43.4 Å². The Morgan fingerprint density at radius 3 is 2.36 bits per heavy atom. The molecule has 3 nitrogen and oxygen atoms in total. The summed E-state index contributed by atoms with van der Waals surface area (Å²) >= 11 is 5.16. The molecule has 1 unspecified atom stereocenters. The fourth-order valence-electron chi connectivity index (χ4n) is 0.755. The van der Waals surface area contributed by atoms with Crippen molar-refractivity contribution in [1.29, 1.82) is 0 Å². The maximum absolute atomic E-state index is 10.8. The van der Waals surface area contributed by atoms with E-state index in [0.717, 1.165) is 6.42 Å². The predicted octanol–water partition coefficient (Wildman–Crippen LogP) is 1.34. The number of hydrogen-bond donors (Lipinski definition) is 0. The van der Waals surface area contributed by atoms with Gasteiger partial charge >= 0.3 is 5.97 Å². The molecule has 1 atom stereocenters. The molecule has 0 bridgehead atoms. The van der Waals surface area contributed by atoms with E-state index in [2.05, 4.69) is 4.74 Å². The molecule has 0 aromatic heterocycles. The van der Waals surface area contributed by atoms with E-state index < -0.39 is 17.1 Å². The van der Waals surface area contributed by atoms with Gasteiger partial charge in [-0.3, -0.25) is 9.59 Å². The average molecular weight is 179 g/mol. The van der Waals surface area contributed by atoms with Gasteiger partial charge in [0.1, 0.15) is 5.92 Å². The van der Waals surface area contributed by atoms with Crippen molar-refractivity contribution >= 4 is 22.8 Å². The lowest BCUT2D eigenvalue weighted by Crippen LogP contribution is -2.21. The minimum atomic E-state index is -0.785. The molecular weight excluding hydrogens is 168 g/mol. The van der Waals surface area contributed by atoms with Crippen LogP contribution in [0.1, 0.15) is 19.8 Å². The summed E-state index contributed by atoms with van der Waals surface area (Å²) in [6, 6.07) is 0. The maximum Gasteiger partial charge on any atom is 0.317 e. The summed E-state index contributed by atoms with van der Waals surface area (Å²) in [5.74, 6) is -1.33. The van der Waals surface area contributed by atoms with Gasteiger partial charge < -0.3 is 4.74 Å². The first kappa shape index (κ1) is 10.4. The van der Waals surface area contributed by atoms with Crippen molar-refractivity contribution in [3.63, 3.8) is 0 Å². The highest BCUT2D eigenvalue weighted by molar-refractivity contribution is 6.65. The second kappa shape index (κ2) is 5.13. The first-order chi connectivity index (χ1) is 5.13. The van der Waals surface area contributed by atoms with Crippen molar-refractivity contribution in [3.05, 3.63) is 0 Å². The van der Waals surface area contributed by atoms with Crippen LogP contribution in [0.15, 0.2) is 0 Å². The molecule has 0 rings (SSSR count). The predicted molar refractivity (Wildman–Crippen MR) is 41.3 cm³/mol. The van der Waals surface area contributed by atoms with E-state index in [1.807, 2.05) is 6.92 Å². The Morgan fingerprint density at radius 1 is 1.55 bits per heavy atom. The third kappa shape index (κ3) is 3.37. The largest absolute Gasteiger partial charge is 0.468 e. The highest BCUT2D eigenvalue weighted by Gasteiger charge is 2.24. The fourth-order valence-corrected chi connectivity index (χ4v) is 0.953. The number of carbonyl (C=O) groups is 2. The fraction of sp³-hybridized carbons (Fsp3) is 0.714. The Bertz CT molecular complexity index is 156. The highest BCUT2D eigenvalue weighted by atomic mass is 35.5. The van der Waals surface area contributed by atoms with Gasteiger partial charge in [0.2, 0.25) is 5.24 Å². The van der Waals surface area contributed by atoms with E-state index in [0.29, 0.717) is 6.42 Å². The molecule has 0 fully saturated rings. The molecule has 0 radical (unpaired) electrons. The molecular formula is C7H11ClO3. The number of rotatable bonds is 4. The van der Waals surface area contributed by atoms with Crippen molar-refractivity contribution in [2.24, 2.45) is 5.92 Å². The molecule has 0 spiro atoms. The van der Waals surface area contributed by atoms with E-state index in [-0.39, 0.29) is 0 Å². The standard InChI is InChI=1S/C7H11ClO3/c1-3-4-5(6(8)9)7(10)11-2/h5H,3-4H2,1-2H3. The van der Waals surface area contributed by atoms with Gasteiger partial charge in [0.25, 0.3) is 0 Å². The third-order valence-corrected chi connectivity index (χ3v) is 1.60. The van der Waals surface area contributed by atoms with Crippen LogP contribution < -0.4 is 0 Å². The van der Waals surface area contributed by atoms with Crippen molar-refractivity contribution in [2.45, 2.75) is 19.8 Å². The van der Waals surface area contributed by atoms with Gasteiger partial charge in [-0.2, -0.15) is 0 Å². The van der Waals surface area contributed by atoms with E-state index in [4.69, 9.17) is 11.6 Å². The molecule has 0 aromatic carbocycles. The van der Waals surface area contributed by atoms with Crippen molar-refractivity contribution in [1.82, 2.24) is 0 Å². The number of halogens is 1. The molecule has 0 aliphatic carbocycles. The molecule has 0 aliphatic rings. The lowest BCUT2D eigenvalue weighted by molar-refractivity contribution is -0.147. The summed E-state index contributed by atoms with van der Waals surface area (Å²) < 4.78 is 4.38. The van der Waals surface area contributed by atoms with Gasteiger partial charge in [-0.25, -0.2) is 0 Å². The zero-order valence-corrected chi connectivity index (χ0v) is 7.35. The molecule has 4 heteroatoms. The molecule has 0 saturated heterocycles. The van der Waals surface area contributed by atoms with Crippen LogP contribution in [0, 0.1) is 5.92 Å². The number of carbonyl (C=O) groups excluding carboxylic acids is 2. The molecule has 0 heterocycles. The summed E-state index contributed by atoms with van der Waals surface area (Å²) in [4.78, 5) is 21.4. The van der Waals surface area contributed by atoms with E-state index >= 15 is 0 Å². The lowest BCUT2D eigenvalue weighted by atomic mass is 10.1. The molecule has 64 valence electrons. The summed E-state index contributed by atoms with van der Waals surface area (Å²) in [6.07, 6.45) is 1.19. The summed E-state index contributed by atoms with van der Waals surface area (Å²) in [7, 11) is 1.24. The van der Waals surface area contributed by atoms with Crippen LogP contribution in [0.5, 0.6) is 0 Å². The van der Waals surface area contributed by atoms with Crippen LogP contribution in [0.2, 0.25) is 0 Å². The Hall–Kier alpha value is -0.570. The monoisotopic (exact) mass is 178 g/mol. The normalized spacial score (nSPS) is 12.3. The van der Waals surface area contributed by atoms with Gasteiger partial charge in [-0.1, -0.05) is 13.3 Å². The van der Waals surface area contributed by atoms with Crippen LogP contribution in [-0.2, 0) is 14.3 Å². The number of hydrogen-bond acceptors (Lipinski definition) is 3. The second-order valence-electron chi connectivity index (χ2n) is 2.17. The molecule has 0 aromatic rings. The van der Waals surface area contributed by atoms with Crippen molar-refractivity contribution in [3.8, 4) is 0 Å². The van der Waals surface area contributed by atoms with Crippen LogP contribution in [0.25, 0.3) is 0 Å². The SMILES string of the molecule is CCCC(C(=O)Cl)C(=O)OC. The Labute approximate surface area is 70.7 Å². The van der Waals surface area contributed by atoms with Crippen molar-refractivity contribution in [2.75, 3.05) is 7.11 Å². The number of methoxy groups -OCH3 is 1. The number of esters is 1. The highest BCUT2D eigenvalue weighted by Crippen LogP contribution is 2.11. The van der Waals surface area contributed by atoms with E-state index in [1.165, 1.54) is 7.11 Å². The van der Waals surface area contributed by atoms with Crippen LogP contribution >= 0.6 is 11.6 Å². The quantitative estimate of drug-likeness (QED) is 0.371. The Balaban J connectivity index is 4.09. The third-order valence-electron chi connectivity index (χ3n) is 1.34. The van der Waals surface area contributed by atoms with E-state index in [9.17, 15) is 9.59 Å². The zero-order valence-electron chi connectivity index (χ0n) is 6.59.